The van der Waals surface area contributed by atoms with Gasteiger partial charge in [-0.1, -0.05) is 0 Å². The Hall–Kier alpha value is -0.300. The molecule has 1 aromatic rings. The molecule has 0 saturated heterocycles. The molecule has 6 heteroatoms. The summed E-state index contributed by atoms with van der Waals surface area (Å²) < 4.78 is 6.27. The highest BCUT2D eigenvalue weighted by molar-refractivity contribution is 9.13. The number of nitrogens with two attached hydrogens (primary N) is 1. The van der Waals surface area contributed by atoms with E-state index in [9.17, 15) is 5.11 Å². The van der Waals surface area contributed by atoms with E-state index in [0.29, 0.717) is 16.6 Å². The van der Waals surface area contributed by atoms with Gasteiger partial charge in [-0.3, -0.25) is 0 Å². The molecule has 0 radical (unpaired) electrons. The van der Waals surface area contributed by atoms with E-state index in [0.717, 1.165) is 10.0 Å². The van der Waals surface area contributed by atoms with E-state index in [4.69, 9.17) is 15.6 Å². The number of halogens is 2. The fourth-order valence-corrected chi connectivity index (χ4v) is 2.21. The Morgan fingerprint density at radius 3 is 2.56 bits per heavy atom. The molecule has 0 aliphatic heterocycles. The molecule has 0 saturated carbocycles. The Labute approximate surface area is 111 Å². The Morgan fingerprint density at radius 1 is 1.44 bits per heavy atom. The number of phenols is 1. The molecule has 0 spiro atoms. The maximum absolute atomic E-state index is 9.71. The average molecular weight is 355 g/mol. The highest BCUT2D eigenvalue weighted by Crippen LogP contribution is 2.41. The van der Waals surface area contributed by atoms with Crippen LogP contribution in [-0.4, -0.2) is 30.0 Å². The van der Waals surface area contributed by atoms with Crippen LogP contribution in [0.1, 0.15) is 5.56 Å². The summed E-state index contributed by atoms with van der Waals surface area (Å²) in [7, 11) is 1.48. The number of hydrogen-bond donors (Lipinski definition) is 3. The lowest BCUT2D eigenvalue weighted by Gasteiger charge is -2.14. The first kappa shape index (κ1) is 13.8. The molecule has 0 aromatic heterocycles. The predicted octanol–water partition coefficient (Wildman–Crippen LogP) is 1.79. The molecule has 4 nitrogen and oxygen atoms in total. The summed E-state index contributed by atoms with van der Waals surface area (Å²) in [6.07, 6.45) is 0.492. The molecule has 1 atom stereocenters. The van der Waals surface area contributed by atoms with E-state index in [1.807, 2.05) is 0 Å². The molecular weight excluding hydrogens is 342 g/mol. The lowest BCUT2D eigenvalue weighted by molar-refractivity contribution is 0.265. The molecule has 0 aliphatic carbocycles. The summed E-state index contributed by atoms with van der Waals surface area (Å²) in [5.74, 6) is 0.408. The molecule has 0 fully saturated rings. The van der Waals surface area contributed by atoms with Crippen molar-refractivity contribution >= 4 is 31.9 Å². The van der Waals surface area contributed by atoms with Crippen LogP contribution in [0.5, 0.6) is 11.5 Å². The molecule has 4 N–H and O–H groups in total. The minimum Gasteiger partial charge on any atom is -0.503 e. The number of ether oxygens (including phenoxy) is 1. The zero-order valence-corrected chi connectivity index (χ0v) is 11.9. The second-order valence-electron chi connectivity index (χ2n) is 3.36. The van der Waals surface area contributed by atoms with E-state index in [1.165, 1.54) is 7.11 Å². The summed E-state index contributed by atoms with van der Waals surface area (Å²) in [5.41, 5.74) is 6.53. The van der Waals surface area contributed by atoms with Crippen LogP contribution in [0.15, 0.2) is 15.0 Å². The van der Waals surface area contributed by atoms with Gasteiger partial charge in [-0.25, -0.2) is 0 Å². The minimum absolute atomic E-state index is 0.0377. The number of aromatic hydroxyl groups is 1. The summed E-state index contributed by atoms with van der Waals surface area (Å²) in [4.78, 5) is 0. The molecule has 0 aliphatic rings. The van der Waals surface area contributed by atoms with Crippen molar-refractivity contribution < 1.29 is 14.9 Å². The smallest absolute Gasteiger partial charge is 0.173 e. The maximum Gasteiger partial charge on any atom is 0.173 e. The van der Waals surface area contributed by atoms with Crippen LogP contribution in [0.25, 0.3) is 0 Å². The number of hydrogen-bond acceptors (Lipinski definition) is 4. The van der Waals surface area contributed by atoms with Crippen LogP contribution in [0.3, 0.4) is 0 Å². The Morgan fingerprint density at radius 2 is 2.06 bits per heavy atom. The monoisotopic (exact) mass is 353 g/mol. The van der Waals surface area contributed by atoms with Gasteiger partial charge < -0.3 is 20.7 Å². The largest absolute Gasteiger partial charge is 0.503 e. The van der Waals surface area contributed by atoms with E-state index in [2.05, 4.69) is 31.9 Å². The van der Waals surface area contributed by atoms with Crippen LogP contribution in [0, 0.1) is 0 Å². The third-order valence-electron chi connectivity index (χ3n) is 2.16. The standard InChI is InChI=1S/C10H13Br2NO3/c1-16-7-3-5(2-6(13)4-14)8(11)9(12)10(7)15/h3,6,14-15H,2,4,13H2,1H3. The molecule has 90 valence electrons. The predicted molar refractivity (Wildman–Crippen MR) is 68.8 cm³/mol. The normalized spacial score (nSPS) is 12.6. The van der Waals surface area contributed by atoms with Gasteiger partial charge in [0.05, 0.1) is 18.2 Å². The molecule has 0 amide bonds. The lowest BCUT2D eigenvalue weighted by atomic mass is 10.1. The van der Waals surface area contributed by atoms with Crippen molar-refractivity contribution in [3.8, 4) is 11.5 Å². The Balaban J connectivity index is 3.14. The Bertz CT molecular complexity index is 385. The SMILES string of the molecule is COc1cc(CC(N)CO)c(Br)c(Br)c1O. The molecular formula is C10H13Br2NO3. The van der Waals surface area contributed by atoms with Gasteiger partial charge >= 0.3 is 0 Å². The summed E-state index contributed by atoms with van der Waals surface area (Å²) >= 11 is 6.61. The van der Waals surface area contributed by atoms with Gasteiger partial charge in [0.15, 0.2) is 11.5 Å². The first-order valence-corrected chi connectivity index (χ1v) is 6.20. The zero-order chi connectivity index (χ0) is 12.3. The Kier molecular flexibility index (Phi) is 5.04. The topological polar surface area (TPSA) is 75.7 Å². The lowest BCUT2D eigenvalue weighted by Crippen LogP contribution is -2.27. The van der Waals surface area contributed by atoms with Crippen LogP contribution in [0.2, 0.25) is 0 Å². The summed E-state index contributed by atoms with van der Waals surface area (Å²) in [6, 6.07) is 1.36. The third-order valence-corrected chi connectivity index (χ3v) is 4.37. The number of benzene rings is 1. The fourth-order valence-electron chi connectivity index (χ4n) is 1.29. The van der Waals surface area contributed by atoms with Crippen molar-refractivity contribution in [2.45, 2.75) is 12.5 Å². The van der Waals surface area contributed by atoms with Gasteiger partial charge in [0.2, 0.25) is 0 Å². The van der Waals surface area contributed by atoms with Gasteiger partial charge in [-0.2, -0.15) is 0 Å². The molecule has 16 heavy (non-hydrogen) atoms. The van der Waals surface area contributed by atoms with Crippen LogP contribution < -0.4 is 10.5 Å². The van der Waals surface area contributed by atoms with Crippen molar-refractivity contribution in [2.75, 3.05) is 13.7 Å². The van der Waals surface area contributed by atoms with Crippen molar-refractivity contribution in [3.63, 3.8) is 0 Å². The van der Waals surface area contributed by atoms with E-state index in [-0.39, 0.29) is 18.4 Å². The fraction of sp³-hybridized carbons (Fsp3) is 0.400. The van der Waals surface area contributed by atoms with Gasteiger partial charge in [0, 0.05) is 10.5 Å². The molecule has 1 unspecified atom stereocenters. The molecule has 1 rings (SSSR count). The van der Waals surface area contributed by atoms with Crippen LogP contribution >= 0.6 is 31.9 Å². The quantitative estimate of drug-likeness (QED) is 0.770. The van der Waals surface area contributed by atoms with Crippen molar-refractivity contribution in [3.05, 3.63) is 20.6 Å². The number of aliphatic hydroxyl groups excluding tert-OH is 1. The number of rotatable bonds is 4. The molecule has 1 aromatic carbocycles. The van der Waals surface area contributed by atoms with Crippen LogP contribution in [0.4, 0.5) is 0 Å². The molecule has 0 heterocycles. The maximum atomic E-state index is 9.71. The van der Waals surface area contributed by atoms with Crippen molar-refractivity contribution in [1.82, 2.24) is 0 Å². The average Bonchev–Trinajstić information content (AvgIpc) is 2.29. The first-order valence-electron chi connectivity index (χ1n) is 4.61. The van der Waals surface area contributed by atoms with Gasteiger partial charge in [0.25, 0.3) is 0 Å². The minimum atomic E-state index is -0.336. The highest BCUT2D eigenvalue weighted by atomic mass is 79.9. The summed E-state index contributed by atoms with van der Waals surface area (Å²) in [6.45, 7) is -0.0900. The third kappa shape index (κ3) is 2.88. The second kappa shape index (κ2) is 5.86. The summed E-state index contributed by atoms with van der Waals surface area (Å²) in [5, 5.41) is 18.6. The first-order chi connectivity index (χ1) is 7.51. The van der Waals surface area contributed by atoms with E-state index >= 15 is 0 Å². The highest BCUT2D eigenvalue weighted by Gasteiger charge is 2.16. The van der Waals surface area contributed by atoms with E-state index < -0.39 is 0 Å². The number of aliphatic hydroxyl groups is 1. The number of methoxy groups -OCH3 is 1. The van der Waals surface area contributed by atoms with Gasteiger partial charge in [-0.15, -0.1) is 0 Å². The number of phenolic OH excluding ortho intramolecular Hbond substituents is 1. The van der Waals surface area contributed by atoms with Crippen molar-refractivity contribution in [1.29, 1.82) is 0 Å². The van der Waals surface area contributed by atoms with Gasteiger partial charge in [0.1, 0.15) is 0 Å². The van der Waals surface area contributed by atoms with E-state index in [1.54, 1.807) is 6.07 Å². The van der Waals surface area contributed by atoms with Gasteiger partial charge in [-0.05, 0) is 49.9 Å². The zero-order valence-electron chi connectivity index (χ0n) is 8.70. The molecule has 0 bridgehead atoms. The van der Waals surface area contributed by atoms with Crippen molar-refractivity contribution in [2.24, 2.45) is 5.73 Å². The van der Waals surface area contributed by atoms with Crippen LogP contribution in [-0.2, 0) is 6.42 Å². The second-order valence-corrected chi connectivity index (χ2v) is 4.95.